The molecule has 0 radical (unpaired) electrons. The van der Waals surface area contributed by atoms with E-state index in [1.54, 1.807) is 0 Å². The van der Waals surface area contributed by atoms with E-state index in [0.29, 0.717) is 26.1 Å². The Hall–Kier alpha value is -0.100. The summed E-state index contributed by atoms with van der Waals surface area (Å²) in [6.45, 7) is 1.08. The highest BCUT2D eigenvalue weighted by molar-refractivity contribution is 9.10. The third kappa shape index (κ3) is 7.76. The van der Waals surface area contributed by atoms with E-state index in [1.165, 1.54) is 0 Å². The Labute approximate surface area is 115 Å². The summed E-state index contributed by atoms with van der Waals surface area (Å²) in [7, 11) is 1.73. The maximum absolute atomic E-state index is 10.6. The Bertz CT molecular complexity index is 448. The fraction of sp³-hybridized carbons (Fsp3) is 0.455. The zero-order valence-corrected chi connectivity index (χ0v) is 12.4. The standard InChI is InChI=1S/C11H14BrClO3S/c12-11-5-3-4-10(8-11)9-16-6-1-2-7-17(13,14)15/h3-5,8H,1-2,6-7,9H2. The molecule has 0 aliphatic rings. The largest absolute Gasteiger partial charge is 0.377 e. The van der Waals surface area contributed by atoms with Crippen LogP contribution in [0.2, 0.25) is 0 Å². The first-order valence-corrected chi connectivity index (χ1v) is 8.49. The van der Waals surface area contributed by atoms with Gasteiger partial charge in [-0.05, 0) is 30.5 Å². The van der Waals surface area contributed by atoms with Crippen molar-refractivity contribution in [1.29, 1.82) is 0 Å². The van der Waals surface area contributed by atoms with Gasteiger partial charge in [-0.1, -0.05) is 28.1 Å². The second kappa shape index (κ2) is 7.36. The van der Waals surface area contributed by atoms with E-state index in [9.17, 15) is 8.42 Å². The SMILES string of the molecule is O=S(=O)(Cl)CCCCOCc1cccc(Br)c1. The van der Waals surface area contributed by atoms with Gasteiger partial charge in [0.25, 0.3) is 0 Å². The third-order valence-electron chi connectivity index (χ3n) is 2.08. The summed E-state index contributed by atoms with van der Waals surface area (Å²) in [4.78, 5) is 0. The molecule has 0 amide bonds. The highest BCUT2D eigenvalue weighted by Crippen LogP contribution is 2.12. The summed E-state index contributed by atoms with van der Waals surface area (Å²) in [6, 6.07) is 7.87. The normalized spacial score (nSPS) is 11.6. The van der Waals surface area contributed by atoms with Crippen LogP contribution in [0, 0.1) is 0 Å². The van der Waals surface area contributed by atoms with Crippen molar-refractivity contribution < 1.29 is 13.2 Å². The number of benzene rings is 1. The Kier molecular flexibility index (Phi) is 6.48. The molecule has 3 nitrogen and oxygen atoms in total. The molecule has 0 saturated carbocycles. The van der Waals surface area contributed by atoms with Crippen molar-refractivity contribution in [2.45, 2.75) is 19.4 Å². The molecule has 96 valence electrons. The quantitative estimate of drug-likeness (QED) is 0.564. The van der Waals surface area contributed by atoms with Gasteiger partial charge in [0, 0.05) is 21.8 Å². The number of hydrogen-bond donors (Lipinski definition) is 0. The molecule has 0 atom stereocenters. The van der Waals surface area contributed by atoms with Gasteiger partial charge in [0.05, 0.1) is 12.4 Å². The minimum Gasteiger partial charge on any atom is -0.377 e. The first-order chi connectivity index (χ1) is 7.97. The molecular formula is C11H14BrClO3S. The molecule has 0 aromatic heterocycles. The molecule has 0 heterocycles. The maximum Gasteiger partial charge on any atom is 0.232 e. The average molecular weight is 342 g/mol. The van der Waals surface area contributed by atoms with Gasteiger partial charge >= 0.3 is 0 Å². The molecule has 0 aliphatic heterocycles. The predicted octanol–water partition coefficient (Wildman–Crippen LogP) is 3.31. The van der Waals surface area contributed by atoms with E-state index in [-0.39, 0.29) is 5.75 Å². The number of rotatable bonds is 7. The summed E-state index contributed by atoms with van der Waals surface area (Å²) in [6.07, 6.45) is 1.23. The van der Waals surface area contributed by atoms with Crippen molar-refractivity contribution in [2.24, 2.45) is 0 Å². The summed E-state index contributed by atoms with van der Waals surface area (Å²) < 4.78 is 27.7. The molecule has 0 fully saturated rings. The Morgan fingerprint density at radius 3 is 2.71 bits per heavy atom. The molecule has 0 unspecified atom stereocenters. The molecule has 6 heteroatoms. The lowest BCUT2D eigenvalue weighted by Crippen LogP contribution is -2.01. The third-order valence-corrected chi connectivity index (χ3v) is 3.82. The Balaban J connectivity index is 2.13. The summed E-state index contributed by atoms with van der Waals surface area (Å²) >= 11 is 3.38. The average Bonchev–Trinajstić information content (AvgIpc) is 2.22. The van der Waals surface area contributed by atoms with Crippen LogP contribution in [0.1, 0.15) is 18.4 Å². The number of hydrogen-bond acceptors (Lipinski definition) is 3. The van der Waals surface area contributed by atoms with Crippen LogP contribution < -0.4 is 0 Å². The molecule has 0 N–H and O–H groups in total. The molecule has 1 rings (SSSR count). The van der Waals surface area contributed by atoms with E-state index in [2.05, 4.69) is 15.9 Å². The van der Waals surface area contributed by atoms with E-state index in [0.717, 1.165) is 10.0 Å². The van der Waals surface area contributed by atoms with Gasteiger partial charge in [0.1, 0.15) is 0 Å². The van der Waals surface area contributed by atoms with Gasteiger partial charge in [-0.15, -0.1) is 0 Å². The highest BCUT2D eigenvalue weighted by atomic mass is 79.9. The number of unbranched alkanes of at least 4 members (excludes halogenated alkanes) is 1. The van der Waals surface area contributed by atoms with Gasteiger partial charge < -0.3 is 4.74 Å². The van der Waals surface area contributed by atoms with E-state index >= 15 is 0 Å². The minimum absolute atomic E-state index is 0.00873. The predicted molar refractivity (Wildman–Crippen MR) is 72.7 cm³/mol. The maximum atomic E-state index is 10.6. The molecular weight excluding hydrogens is 328 g/mol. The number of ether oxygens (including phenoxy) is 1. The lowest BCUT2D eigenvalue weighted by atomic mass is 10.2. The van der Waals surface area contributed by atoms with E-state index in [4.69, 9.17) is 15.4 Å². The van der Waals surface area contributed by atoms with Crippen LogP contribution in [-0.2, 0) is 20.4 Å². The summed E-state index contributed by atoms with van der Waals surface area (Å²) in [5.74, 6) is 0.00873. The minimum atomic E-state index is -3.36. The van der Waals surface area contributed by atoms with Gasteiger partial charge in [-0.2, -0.15) is 0 Å². The zero-order valence-electron chi connectivity index (χ0n) is 9.23. The van der Waals surface area contributed by atoms with Crippen molar-refractivity contribution in [3.63, 3.8) is 0 Å². The van der Waals surface area contributed by atoms with Crippen molar-refractivity contribution >= 4 is 35.7 Å². The van der Waals surface area contributed by atoms with Gasteiger partial charge in [-0.25, -0.2) is 8.42 Å². The van der Waals surface area contributed by atoms with Crippen molar-refractivity contribution in [3.8, 4) is 0 Å². The monoisotopic (exact) mass is 340 g/mol. The summed E-state index contributed by atoms with van der Waals surface area (Å²) in [5, 5.41) is 0. The van der Waals surface area contributed by atoms with Crippen LogP contribution in [-0.4, -0.2) is 20.8 Å². The van der Waals surface area contributed by atoms with Crippen molar-refractivity contribution in [1.82, 2.24) is 0 Å². The smallest absolute Gasteiger partial charge is 0.232 e. The van der Waals surface area contributed by atoms with Gasteiger partial charge in [-0.3, -0.25) is 0 Å². The second-order valence-corrected chi connectivity index (χ2v) is 7.44. The van der Waals surface area contributed by atoms with Crippen molar-refractivity contribution in [3.05, 3.63) is 34.3 Å². The molecule has 0 saturated heterocycles. The lowest BCUT2D eigenvalue weighted by molar-refractivity contribution is 0.118. The molecule has 0 aliphatic carbocycles. The molecule has 0 bridgehead atoms. The van der Waals surface area contributed by atoms with Crippen LogP contribution >= 0.6 is 26.6 Å². The van der Waals surface area contributed by atoms with Crippen LogP contribution in [0.5, 0.6) is 0 Å². The van der Waals surface area contributed by atoms with Gasteiger partial charge in [0.2, 0.25) is 9.05 Å². The number of halogens is 2. The molecule has 0 spiro atoms. The highest BCUT2D eigenvalue weighted by Gasteiger charge is 2.03. The van der Waals surface area contributed by atoms with Crippen LogP contribution in [0.4, 0.5) is 0 Å². The van der Waals surface area contributed by atoms with Crippen LogP contribution in [0.25, 0.3) is 0 Å². The van der Waals surface area contributed by atoms with E-state index in [1.807, 2.05) is 24.3 Å². The molecule has 17 heavy (non-hydrogen) atoms. The fourth-order valence-corrected chi connectivity index (χ4v) is 2.62. The van der Waals surface area contributed by atoms with Crippen LogP contribution in [0.3, 0.4) is 0 Å². The first kappa shape index (κ1) is 15.0. The first-order valence-electron chi connectivity index (χ1n) is 5.22. The molecule has 1 aromatic rings. The Morgan fingerprint density at radius 2 is 2.06 bits per heavy atom. The summed E-state index contributed by atoms with van der Waals surface area (Å²) in [5.41, 5.74) is 1.09. The van der Waals surface area contributed by atoms with E-state index < -0.39 is 9.05 Å². The second-order valence-electron chi connectivity index (χ2n) is 3.63. The Morgan fingerprint density at radius 1 is 1.29 bits per heavy atom. The zero-order chi connectivity index (χ0) is 12.7. The van der Waals surface area contributed by atoms with Gasteiger partial charge in [0.15, 0.2) is 0 Å². The topological polar surface area (TPSA) is 43.4 Å². The molecule has 1 aromatic carbocycles. The lowest BCUT2D eigenvalue weighted by Gasteiger charge is -2.04. The van der Waals surface area contributed by atoms with Crippen LogP contribution in [0.15, 0.2) is 28.7 Å². The fourth-order valence-electron chi connectivity index (χ4n) is 1.30. The van der Waals surface area contributed by atoms with Crippen molar-refractivity contribution in [2.75, 3.05) is 12.4 Å².